The molecule has 0 bridgehead atoms. The first-order valence-electron chi connectivity index (χ1n) is 5.57. The minimum absolute atomic E-state index is 0.893. The van der Waals surface area contributed by atoms with E-state index in [1.54, 1.807) is 7.11 Å². The predicted molar refractivity (Wildman–Crippen MR) is 62.5 cm³/mol. The fourth-order valence-corrected chi connectivity index (χ4v) is 2.25. The van der Waals surface area contributed by atoms with Crippen molar-refractivity contribution in [3.05, 3.63) is 36.3 Å². The number of hydrogen-bond acceptors (Lipinski definition) is 2. The van der Waals surface area contributed by atoms with Gasteiger partial charge < -0.3 is 9.30 Å². The molecule has 3 heteroatoms. The molecule has 3 nitrogen and oxygen atoms in total. The van der Waals surface area contributed by atoms with Crippen LogP contribution >= 0.6 is 0 Å². The molecule has 2 aromatic rings. The summed E-state index contributed by atoms with van der Waals surface area (Å²) in [6, 6.07) is 8.15. The van der Waals surface area contributed by atoms with Gasteiger partial charge in [-0.05, 0) is 30.7 Å². The molecule has 0 fully saturated rings. The molecule has 1 aromatic carbocycles. The van der Waals surface area contributed by atoms with Gasteiger partial charge in [0.05, 0.1) is 19.0 Å². The van der Waals surface area contributed by atoms with Gasteiger partial charge in [0, 0.05) is 18.5 Å². The summed E-state index contributed by atoms with van der Waals surface area (Å²) in [6.45, 7) is 1.09. The lowest BCUT2D eigenvalue weighted by molar-refractivity contribution is 0.415. The number of benzene rings is 1. The zero-order valence-electron chi connectivity index (χ0n) is 9.31. The highest BCUT2D eigenvalue weighted by Gasteiger charge is 2.16. The highest BCUT2D eigenvalue weighted by Crippen LogP contribution is 2.26. The second-order valence-electron chi connectivity index (χ2n) is 4.04. The van der Waals surface area contributed by atoms with Gasteiger partial charge in [-0.25, -0.2) is 4.98 Å². The molecule has 0 saturated carbocycles. The normalized spacial score (nSPS) is 13.8. The van der Waals surface area contributed by atoms with Gasteiger partial charge in [0.15, 0.2) is 0 Å². The van der Waals surface area contributed by atoms with E-state index in [0.29, 0.717) is 0 Å². The second kappa shape index (κ2) is 3.67. The van der Waals surface area contributed by atoms with Crippen molar-refractivity contribution in [1.82, 2.24) is 9.55 Å². The third-order valence-corrected chi connectivity index (χ3v) is 3.11. The van der Waals surface area contributed by atoms with Gasteiger partial charge in [0.1, 0.15) is 11.6 Å². The van der Waals surface area contributed by atoms with Crippen molar-refractivity contribution >= 4 is 0 Å². The fourth-order valence-electron chi connectivity index (χ4n) is 2.25. The number of aryl methyl sites for hydroxylation is 1. The lowest BCUT2D eigenvalue weighted by atomic mass is 10.1. The number of aromatic nitrogens is 2. The van der Waals surface area contributed by atoms with E-state index in [-0.39, 0.29) is 0 Å². The molecular weight excluding hydrogens is 200 g/mol. The van der Waals surface area contributed by atoms with E-state index in [0.717, 1.165) is 18.7 Å². The highest BCUT2D eigenvalue weighted by molar-refractivity contribution is 5.60. The SMILES string of the molecule is COc1ccc(-c2cnc3n2CCC3)cc1. The van der Waals surface area contributed by atoms with E-state index in [4.69, 9.17) is 4.74 Å². The van der Waals surface area contributed by atoms with E-state index in [9.17, 15) is 0 Å². The Kier molecular flexibility index (Phi) is 2.17. The van der Waals surface area contributed by atoms with Gasteiger partial charge in [0.2, 0.25) is 0 Å². The third kappa shape index (κ3) is 1.40. The molecule has 0 N–H and O–H groups in total. The Morgan fingerprint density at radius 2 is 2.06 bits per heavy atom. The van der Waals surface area contributed by atoms with Crippen LogP contribution < -0.4 is 4.74 Å². The van der Waals surface area contributed by atoms with Crippen LogP contribution in [0.3, 0.4) is 0 Å². The standard InChI is InChI=1S/C13H14N2O/c1-16-11-6-4-10(5-7-11)12-9-14-13-3-2-8-15(12)13/h4-7,9H,2-3,8H2,1H3. The van der Waals surface area contributed by atoms with E-state index >= 15 is 0 Å². The molecule has 0 amide bonds. The molecule has 0 aliphatic carbocycles. The van der Waals surface area contributed by atoms with Crippen molar-refractivity contribution in [2.45, 2.75) is 19.4 Å². The van der Waals surface area contributed by atoms with Gasteiger partial charge in [-0.2, -0.15) is 0 Å². The van der Waals surface area contributed by atoms with Crippen LogP contribution in [0.1, 0.15) is 12.2 Å². The van der Waals surface area contributed by atoms with Crippen LogP contribution in [0, 0.1) is 0 Å². The van der Waals surface area contributed by atoms with E-state index in [1.165, 1.54) is 23.5 Å². The van der Waals surface area contributed by atoms with Crippen LogP contribution in [0.4, 0.5) is 0 Å². The van der Waals surface area contributed by atoms with Crippen molar-refractivity contribution in [3.8, 4) is 17.0 Å². The van der Waals surface area contributed by atoms with E-state index in [2.05, 4.69) is 21.7 Å². The fraction of sp³-hybridized carbons (Fsp3) is 0.308. The zero-order valence-corrected chi connectivity index (χ0v) is 9.31. The summed E-state index contributed by atoms with van der Waals surface area (Å²) in [4.78, 5) is 4.45. The zero-order chi connectivity index (χ0) is 11.0. The molecule has 0 spiro atoms. The maximum atomic E-state index is 5.16. The Bertz CT molecular complexity index is 499. The lowest BCUT2D eigenvalue weighted by Gasteiger charge is -2.05. The molecular formula is C13H14N2O. The number of rotatable bonds is 2. The number of hydrogen-bond donors (Lipinski definition) is 0. The number of nitrogens with zero attached hydrogens (tertiary/aromatic N) is 2. The summed E-state index contributed by atoms with van der Waals surface area (Å²) < 4.78 is 7.46. The molecule has 1 aliphatic rings. The summed E-state index contributed by atoms with van der Waals surface area (Å²) in [7, 11) is 1.69. The summed E-state index contributed by atoms with van der Waals surface area (Å²) in [6.07, 6.45) is 4.29. The molecule has 1 aromatic heterocycles. The lowest BCUT2D eigenvalue weighted by Crippen LogP contribution is -1.95. The van der Waals surface area contributed by atoms with E-state index in [1.807, 2.05) is 18.3 Å². The summed E-state index contributed by atoms with van der Waals surface area (Å²) in [5, 5.41) is 0. The summed E-state index contributed by atoms with van der Waals surface area (Å²) >= 11 is 0. The highest BCUT2D eigenvalue weighted by atomic mass is 16.5. The van der Waals surface area contributed by atoms with Crippen LogP contribution in [0.25, 0.3) is 11.3 Å². The minimum atomic E-state index is 0.893. The predicted octanol–water partition coefficient (Wildman–Crippen LogP) is 2.50. The monoisotopic (exact) mass is 214 g/mol. The first-order chi connectivity index (χ1) is 7.88. The van der Waals surface area contributed by atoms with Crippen LogP contribution in [-0.2, 0) is 13.0 Å². The maximum Gasteiger partial charge on any atom is 0.118 e. The molecule has 0 radical (unpaired) electrons. The first kappa shape index (κ1) is 9.46. The molecule has 16 heavy (non-hydrogen) atoms. The number of ether oxygens (including phenoxy) is 1. The van der Waals surface area contributed by atoms with Gasteiger partial charge >= 0.3 is 0 Å². The summed E-state index contributed by atoms with van der Waals surface area (Å²) in [5.74, 6) is 2.11. The Balaban J connectivity index is 2.01. The van der Waals surface area contributed by atoms with Crippen molar-refractivity contribution < 1.29 is 4.74 Å². The van der Waals surface area contributed by atoms with E-state index < -0.39 is 0 Å². The number of methoxy groups -OCH3 is 1. The van der Waals surface area contributed by atoms with Crippen molar-refractivity contribution in [2.24, 2.45) is 0 Å². The second-order valence-corrected chi connectivity index (χ2v) is 4.04. The van der Waals surface area contributed by atoms with Crippen LogP contribution in [0.5, 0.6) is 5.75 Å². The Morgan fingerprint density at radius 3 is 2.81 bits per heavy atom. The van der Waals surface area contributed by atoms with Gasteiger partial charge in [-0.15, -0.1) is 0 Å². The Morgan fingerprint density at radius 1 is 1.25 bits per heavy atom. The molecule has 2 heterocycles. The molecule has 0 saturated heterocycles. The first-order valence-corrected chi connectivity index (χ1v) is 5.57. The van der Waals surface area contributed by atoms with Crippen molar-refractivity contribution in [2.75, 3.05) is 7.11 Å². The molecule has 0 unspecified atom stereocenters. The third-order valence-electron chi connectivity index (χ3n) is 3.11. The quantitative estimate of drug-likeness (QED) is 0.768. The molecule has 82 valence electrons. The largest absolute Gasteiger partial charge is 0.497 e. The smallest absolute Gasteiger partial charge is 0.118 e. The average molecular weight is 214 g/mol. The number of imidazole rings is 1. The van der Waals surface area contributed by atoms with Gasteiger partial charge in [-0.3, -0.25) is 0 Å². The van der Waals surface area contributed by atoms with Crippen molar-refractivity contribution in [3.63, 3.8) is 0 Å². The molecule has 1 aliphatic heterocycles. The van der Waals surface area contributed by atoms with Crippen LogP contribution in [0.2, 0.25) is 0 Å². The maximum absolute atomic E-state index is 5.16. The van der Waals surface area contributed by atoms with Crippen molar-refractivity contribution in [1.29, 1.82) is 0 Å². The molecule has 0 atom stereocenters. The van der Waals surface area contributed by atoms with Crippen LogP contribution in [0.15, 0.2) is 30.5 Å². The number of fused-ring (bicyclic) bond motifs is 1. The van der Waals surface area contributed by atoms with Gasteiger partial charge in [-0.1, -0.05) is 0 Å². The topological polar surface area (TPSA) is 27.1 Å². The van der Waals surface area contributed by atoms with Gasteiger partial charge in [0.25, 0.3) is 0 Å². The molecule has 3 rings (SSSR count). The Labute approximate surface area is 94.7 Å². The summed E-state index contributed by atoms with van der Waals surface area (Å²) in [5.41, 5.74) is 2.43. The van der Waals surface area contributed by atoms with Crippen LogP contribution in [-0.4, -0.2) is 16.7 Å². The average Bonchev–Trinajstić information content (AvgIpc) is 2.91. The Hall–Kier alpha value is -1.77. The minimum Gasteiger partial charge on any atom is -0.497 e.